The minimum atomic E-state index is -0.238. The van der Waals surface area contributed by atoms with E-state index in [1.807, 2.05) is 13.8 Å². The minimum absolute atomic E-state index is 0.0939. The van der Waals surface area contributed by atoms with Crippen LogP contribution in [0, 0.1) is 20.8 Å². The first kappa shape index (κ1) is 20.8. The van der Waals surface area contributed by atoms with Gasteiger partial charge in [-0.15, -0.1) is 0 Å². The molecule has 0 spiro atoms. The van der Waals surface area contributed by atoms with Crippen molar-refractivity contribution in [3.63, 3.8) is 0 Å². The molecule has 0 atom stereocenters. The highest BCUT2D eigenvalue weighted by molar-refractivity contribution is 5.87. The molecule has 0 aliphatic heterocycles. The normalized spacial score (nSPS) is 11.2. The number of aryl methyl sites for hydroxylation is 3. The summed E-state index contributed by atoms with van der Waals surface area (Å²) >= 11 is 0. The van der Waals surface area contributed by atoms with Gasteiger partial charge in [0.15, 0.2) is 0 Å². The number of carbonyl (C=O) groups is 1. The fourth-order valence-corrected chi connectivity index (χ4v) is 3.51. The van der Waals surface area contributed by atoms with Gasteiger partial charge in [-0.1, -0.05) is 29.8 Å². The molecule has 0 aliphatic rings. The monoisotopic (exact) mass is 396 g/mol. The standard InChI is InChI=1S/C22H28N4O3/c1-15-6-8-18(9-7-15)13-25-16(2)19-12-24-26(22(28)21(19)17(25)3)14-20(27)23-10-5-11-29-4/h6-9,12H,5,10-11,13-14H2,1-4H3,(H,23,27). The van der Waals surface area contributed by atoms with Gasteiger partial charge < -0.3 is 14.6 Å². The summed E-state index contributed by atoms with van der Waals surface area (Å²) in [5.41, 5.74) is 4.04. The zero-order valence-corrected chi connectivity index (χ0v) is 17.5. The molecule has 7 heteroatoms. The predicted molar refractivity (Wildman–Crippen MR) is 113 cm³/mol. The van der Waals surface area contributed by atoms with Gasteiger partial charge in [0, 0.05) is 43.6 Å². The Kier molecular flexibility index (Phi) is 6.49. The lowest BCUT2D eigenvalue weighted by Gasteiger charge is -2.09. The third-order valence-corrected chi connectivity index (χ3v) is 5.21. The molecule has 0 unspecified atom stereocenters. The predicted octanol–water partition coefficient (Wildman–Crippen LogP) is 2.32. The van der Waals surface area contributed by atoms with Gasteiger partial charge >= 0.3 is 0 Å². The minimum Gasteiger partial charge on any atom is -0.385 e. The van der Waals surface area contributed by atoms with Crippen LogP contribution in [-0.4, -0.2) is 40.5 Å². The van der Waals surface area contributed by atoms with Gasteiger partial charge in [-0.2, -0.15) is 5.10 Å². The van der Waals surface area contributed by atoms with Gasteiger partial charge in [-0.3, -0.25) is 9.59 Å². The number of hydrogen-bond donors (Lipinski definition) is 1. The number of carbonyl (C=O) groups excluding carboxylic acids is 1. The smallest absolute Gasteiger partial charge is 0.276 e. The molecule has 29 heavy (non-hydrogen) atoms. The van der Waals surface area contributed by atoms with Crippen LogP contribution in [0.25, 0.3) is 10.8 Å². The first-order valence-corrected chi connectivity index (χ1v) is 9.79. The first-order chi connectivity index (χ1) is 13.9. The molecule has 3 rings (SSSR count). The van der Waals surface area contributed by atoms with E-state index in [1.54, 1.807) is 13.3 Å². The van der Waals surface area contributed by atoms with Crippen molar-refractivity contribution in [1.82, 2.24) is 19.7 Å². The lowest BCUT2D eigenvalue weighted by molar-refractivity contribution is -0.121. The summed E-state index contributed by atoms with van der Waals surface area (Å²) in [5, 5.41) is 8.47. The number of ether oxygens (including phenoxy) is 1. The number of amides is 1. The van der Waals surface area contributed by atoms with Crippen molar-refractivity contribution < 1.29 is 9.53 Å². The van der Waals surface area contributed by atoms with Gasteiger partial charge in [-0.05, 0) is 32.8 Å². The van der Waals surface area contributed by atoms with E-state index in [-0.39, 0.29) is 18.0 Å². The van der Waals surface area contributed by atoms with Crippen LogP contribution in [0.5, 0.6) is 0 Å². The van der Waals surface area contributed by atoms with Crippen molar-refractivity contribution in [1.29, 1.82) is 0 Å². The molecule has 0 radical (unpaired) electrons. The number of aromatic nitrogens is 3. The van der Waals surface area contributed by atoms with Crippen LogP contribution in [0.1, 0.15) is 28.9 Å². The Morgan fingerprint density at radius 3 is 2.55 bits per heavy atom. The van der Waals surface area contributed by atoms with Crippen molar-refractivity contribution in [3.8, 4) is 0 Å². The maximum atomic E-state index is 13.0. The highest BCUT2D eigenvalue weighted by Gasteiger charge is 2.17. The van der Waals surface area contributed by atoms with E-state index < -0.39 is 0 Å². The molecule has 154 valence electrons. The number of benzene rings is 1. The van der Waals surface area contributed by atoms with Gasteiger partial charge in [-0.25, -0.2) is 4.68 Å². The van der Waals surface area contributed by atoms with Crippen LogP contribution in [0.15, 0.2) is 35.3 Å². The second-order valence-corrected chi connectivity index (χ2v) is 7.33. The summed E-state index contributed by atoms with van der Waals surface area (Å²) in [7, 11) is 1.62. The summed E-state index contributed by atoms with van der Waals surface area (Å²) in [6.07, 6.45) is 2.41. The molecular formula is C22H28N4O3. The van der Waals surface area contributed by atoms with E-state index in [4.69, 9.17) is 4.74 Å². The summed E-state index contributed by atoms with van der Waals surface area (Å²) in [6.45, 7) is 7.69. The fourth-order valence-electron chi connectivity index (χ4n) is 3.51. The number of nitrogens with one attached hydrogen (secondary N) is 1. The number of nitrogens with zero attached hydrogens (tertiary/aromatic N) is 3. The van der Waals surface area contributed by atoms with E-state index in [2.05, 4.69) is 46.2 Å². The molecule has 0 aliphatic carbocycles. The molecule has 2 heterocycles. The van der Waals surface area contributed by atoms with Crippen molar-refractivity contribution in [2.75, 3.05) is 20.3 Å². The third-order valence-electron chi connectivity index (χ3n) is 5.21. The molecule has 0 fully saturated rings. The SMILES string of the molecule is COCCCNC(=O)Cn1ncc2c(C)n(Cc3ccc(C)cc3)c(C)c2c1=O. The quantitative estimate of drug-likeness (QED) is 0.593. The largest absolute Gasteiger partial charge is 0.385 e. The Hall–Kier alpha value is -2.93. The molecular weight excluding hydrogens is 368 g/mol. The van der Waals surface area contributed by atoms with Crippen molar-refractivity contribution in [3.05, 3.63) is 63.3 Å². The fraction of sp³-hybridized carbons (Fsp3) is 0.409. The Morgan fingerprint density at radius 1 is 1.14 bits per heavy atom. The summed E-state index contributed by atoms with van der Waals surface area (Å²) in [5.74, 6) is -0.233. The van der Waals surface area contributed by atoms with Crippen LogP contribution in [0.3, 0.4) is 0 Å². The molecule has 0 saturated carbocycles. The van der Waals surface area contributed by atoms with E-state index in [1.165, 1.54) is 15.8 Å². The Balaban J connectivity index is 1.86. The van der Waals surface area contributed by atoms with Gasteiger partial charge in [0.1, 0.15) is 6.54 Å². The summed E-state index contributed by atoms with van der Waals surface area (Å²) < 4.78 is 8.33. The van der Waals surface area contributed by atoms with E-state index in [0.717, 1.165) is 23.2 Å². The zero-order valence-electron chi connectivity index (χ0n) is 17.5. The topological polar surface area (TPSA) is 78.2 Å². The van der Waals surface area contributed by atoms with Crippen LogP contribution < -0.4 is 10.9 Å². The van der Waals surface area contributed by atoms with Gasteiger partial charge in [0.05, 0.1) is 11.6 Å². The highest BCUT2D eigenvalue weighted by Crippen LogP contribution is 2.23. The number of hydrogen-bond acceptors (Lipinski definition) is 4. The summed E-state index contributed by atoms with van der Waals surface area (Å²) in [4.78, 5) is 25.1. The highest BCUT2D eigenvalue weighted by atomic mass is 16.5. The molecule has 2 aromatic heterocycles. The maximum Gasteiger partial charge on any atom is 0.276 e. The second kappa shape index (κ2) is 9.05. The molecule has 1 aromatic carbocycles. The number of fused-ring (bicyclic) bond motifs is 1. The van der Waals surface area contributed by atoms with Crippen LogP contribution >= 0.6 is 0 Å². The lowest BCUT2D eigenvalue weighted by Crippen LogP contribution is -2.34. The van der Waals surface area contributed by atoms with Crippen molar-refractivity contribution in [2.24, 2.45) is 0 Å². The molecule has 1 N–H and O–H groups in total. The molecule has 3 aromatic rings. The van der Waals surface area contributed by atoms with E-state index in [0.29, 0.717) is 25.1 Å². The Labute approximate surface area is 170 Å². The zero-order chi connectivity index (χ0) is 21.0. The first-order valence-electron chi connectivity index (χ1n) is 9.79. The lowest BCUT2D eigenvalue weighted by atomic mass is 10.1. The van der Waals surface area contributed by atoms with E-state index in [9.17, 15) is 9.59 Å². The summed E-state index contributed by atoms with van der Waals surface area (Å²) in [6, 6.07) is 8.37. The maximum absolute atomic E-state index is 13.0. The van der Waals surface area contributed by atoms with Gasteiger partial charge in [0.2, 0.25) is 5.91 Å². The molecule has 7 nitrogen and oxygen atoms in total. The molecule has 1 amide bonds. The van der Waals surface area contributed by atoms with Crippen molar-refractivity contribution in [2.45, 2.75) is 40.3 Å². The Bertz CT molecular complexity index is 1060. The Morgan fingerprint density at radius 2 is 1.86 bits per heavy atom. The molecule has 0 saturated heterocycles. The van der Waals surface area contributed by atoms with E-state index >= 15 is 0 Å². The average molecular weight is 396 g/mol. The average Bonchev–Trinajstić information content (AvgIpc) is 2.94. The number of rotatable bonds is 8. The van der Waals surface area contributed by atoms with Gasteiger partial charge in [0.25, 0.3) is 5.56 Å². The van der Waals surface area contributed by atoms with Crippen LogP contribution in [0.2, 0.25) is 0 Å². The second-order valence-electron chi connectivity index (χ2n) is 7.33. The van der Waals surface area contributed by atoms with Crippen molar-refractivity contribution >= 4 is 16.7 Å². The van der Waals surface area contributed by atoms with Crippen LogP contribution in [-0.2, 0) is 22.6 Å². The van der Waals surface area contributed by atoms with Crippen LogP contribution in [0.4, 0.5) is 0 Å². The molecule has 0 bridgehead atoms. The third kappa shape index (κ3) is 4.56. The number of methoxy groups -OCH3 is 1.